The molecule has 1 aromatic carbocycles. The number of amides is 2. The summed E-state index contributed by atoms with van der Waals surface area (Å²) in [6.45, 7) is 7.30. The summed E-state index contributed by atoms with van der Waals surface area (Å²) >= 11 is 0. The van der Waals surface area contributed by atoms with E-state index in [0.29, 0.717) is 35.5 Å². The van der Waals surface area contributed by atoms with E-state index >= 15 is 0 Å². The third-order valence-corrected chi connectivity index (χ3v) is 4.68. The van der Waals surface area contributed by atoms with E-state index in [2.05, 4.69) is 5.32 Å². The number of primary amides is 1. The Labute approximate surface area is 159 Å². The van der Waals surface area contributed by atoms with Gasteiger partial charge in [0.2, 0.25) is 5.91 Å². The van der Waals surface area contributed by atoms with E-state index in [0.717, 1.165) is 0 Å². The first-order chi connectivity index (χ1) is 12.6. The highest BCUT2D eigenvalue weighted by Gasteiger charge is 2.35. The van der Waals surface area contributed by atoms with Crippen molar-refractivity contribution in [3.8, 4) is 0 Å². The van der Waals surface area contributed by atoms with Crippen LogP contribution in [0.25, 0.3) is 0 Å². The number of nitrogens with zero attached hydrogens (tertiary/aromatic N) is 1. The van der Waals surface area contributed by atoms with Crippen molar-refractivity contribution in [3.63, 3.8) is 0 Å². The molecule has 7 heteroatoms. The molecule has 2 amide bonds. The quantitative estimate of drug-likeness (QED) is 0.708. The van der Waals surface area contributed by atoms with Crippen molar-refractivity contribution in [1.82, 2.24) is 0 Å². The lowest BCUT2D eigenvalue weighted by atomic mass is 9.75. The molecule has 27 heavy (non-hydrogen) atoms. The number of benzene rings is 1. The molecular weight excluding hydrogens is 346 g/mol. The van der Waals surface area contributed by atoms with Gasteiger partial charge in [0.05, 0.1) is 17.9 Å². The summed E-state index contributed by atoms with van der Waals surface area (Å²) in [5, 5.41) is 12.0. The molecule has 0 aromatic heterocycles. The van der Waals surface area contributed by atoms with E-state index in [1.54, 1.807) is 25.1 Å². The van der Waals surface area contributed by atoms with Crippen LogP contribution in [-0.4, -0.2) is 35.9 Å². The summed E-state index contributed by atoms with van der Waals surface area (Å²) in [5.74, 6) is -0.810. The number of ketones is 1. The van der Waals surface area contributed by atoms with Gasteiger partial charge in [-0.2, -0.15) is 0 Å². The molecule has 0 unspecified atom stereocenters. The smallest absolute Gasteiger partial charge is 0.250 e. The van der Waals surface area contributed by atoms with Crippen LogP contribution in [0.5, 0.6) is 0 Å². The van der Waals surface area contributed by atoms with E-state index in [1.807, 2.05) is 13.8 Å². The number of allylic oxidation sites excluding steroid dienone is 2. The molecule has 0 fully saturated rings. The molecule has 0 saturated heterocycles. The summed E-state index contributed by atoms with van der Waals surface area (Å²) < 4.78 is 0. The average Bonchev–Trinajstić information content (AvgIpc) is 2.56. The molecule has 1 aromatic rings. The zero-order valence-corrected chi connectivity index (χ0v) is 16.3. The Morgan fingerprint density at radius 3 is 2.52 bits per heavy atom. The van der Waals surface area contributed by atoms with Crippen molar-refractivity contribution in [2.24, 2.45) is 11.1 Å². The maximum Gasteiger partial charge on any atom is 0.250 e. The van der Waals surface area contributed by atoms with Crippen LogP contribution in [0.15, 0.2) is 29.5 Å². The number of Topliss-reactive ketones (excluding diaryl/α,β-unsaturated/α-hetero) is 1. The molecule has 1 aliphatic rings. The number of hydrogen-bond acceptors (Lipinski definition) is 5. The first-order valence-corrected chi connectivity index (χ1v) is 8.89. The minimum Gasteiger partial charge on any atom is -0.395 e. The van der Waals surface area contributed by atoms with E-state index in [-0.39, 0.29) is 35.8 Å². The Balaban J connectivity index is 2.57. The second kappa shape index (κ2) is 7.92. The minimum atomic E-state index is -0.610. The number of anilines is 2. The highest BCUT2D eigenvalue weighted by Crippen LogP contribution is 2.40. The number of aliphatic hydroxyl groups excluding tert-OH is 1. The predicted molar refractivity (Wildman–Crippen MR) is 104 cm³/mol. The fourth-order valence-electron chi connectivity index (χ4n) is 3.37. The van der Waals surface area contributed by atoms with Crippen molar-refractivity contribution in [2.75, 3.05) is 23.4 Å². The highest BCUT2D eigenvalue weighted by molar-refractivity contribution is 6.04. The molecule has 0 atom stereocenters. The van der Waals surface area contributed by atoms with Gasteiger partial charge in [0.1, 0.15) is 0 Å². The molecule has 1 aliphatic carbocycles. The van der Waals surface area contributed by atoms with Crippen LogP contribution in [0.1, 0.15) is 50.9 Å². The van der Waals surface area contributed by atoms with Crippen LogP contribution in [-0.2, 0) is 9.59 Å². The fraction of sp³-hybridized carbons (Fsp3) is 0.450. The highest BCUT2D eigenvalue weighted by atomic mass is 16.3. The van der Waals surface area contributed by atoms with Gasteiger partial charge in [0.25, 0.3) is 5.91 Å². The Kier molecular flexibility index (Phi) is 6.05. The van der Waals surface area contributed by atoms with Crippen LogP contribution in [0.4, 0.5) is 11.4 Å². The van der Waals surface area contributed by atoms with E-state index < -0.39 is 5.91 Å². The molecule has 0 bridgehead atoms. The van der Waals surface area contributed by atoms with Crippen molar-refractivity contribution < 1.29 is 19.5 Å². The van der Waals surface area contributed by atoms with Gasteiger partial charge in [0, 0.05) is 36.8 Å². The summed E-state index contributed by atoms with van der Waals surface area (Å²) in [7, 11) is 0. The topological polar surface area (TPSA) is 113 Å². The number of rotatable bonds is 6. The lowest BCUT2D eigenvalue weighted by molar-refractivity contribution is -0.118. The van der Waals surface area contributed by atoms with Crippen LogP contribution >= 0.6 is 0 Å². The molecule has 146 valence electrons. The largest absolute Gasteiger partial charge is 0.395 e. The first kappa shape index (κ1) is 20.6. The van der Waals surface area contributed by atoms with Crippen LogP contribution in [0.2, 0.25) is 0 Å². The van der Waals surface area contributed by atoms with Gasteiger partial charge in [-0.3, -0.25) is 19.3 Å². The molecule has 0 spiro atoms. The van der Waals surface area contributed by atoms with E-state index in [9.17, 15) is 14.4 Å². The van der Waals surface area contributed by atoms with Gasteiger partial charge in [-0.15, -0.1) is 0 Å². The normalized spacial score (nSPS) is 16.3. The molecular formula is C20H27N3O4. The lowest BCUT2D eigenvalue weighted by Crippen LogP contribution is -2.36. The van der Waals surface area contributed by atoms with Crippen LogP contribution < -0.4 is 16.0 Å². The van der Waals surface area contributed by atoms with Gasteiger partial charge < -0.3 is 16.2 Å². The van der Waals surface area contributed by atoms with Gasteiger partial charge >= 0.3 is 0 Å². The average molecular weight is 373 g/mol. The Morgan fingerprint density at radius 1 is 1.30 bits per heavy atom. The molecule has 0 heterocycles. The summed E-state index contributed by atoms with van der Waals surface area (Å²) in [6.07, 6.45) is 1.03. The standard InChI is InChI=1S/C20H27N3O4/c1-12-17(10-20(3,4)11-18(12)26)23(13(2)25)14-5-6-15(19(21)27)16(9-14)22-7-8-24/h5-6,9,22,24H,7-8,10-11H2,1-4H3,(H2,21,27). The third kappa shape index (κ3) is 4.54. The Hall–Kier alpha value is -2.67. The van der Waals surface area contributed by atoms with E-state index in [4.69, 9.17) is 10.8 Å². The van der Waals surface area contributed by atoms with Crippen molar-refractivity contribution in [2.45, 2.75) is 40.5 Å². The number of nitrogens with two attached hydrogens (primary N) is 1. The third-order valence-electron chi connectivity index (χ3n) is 4.68. The van der Waals surface area contributed by atoms with Crippen LogP contribution in [0, 0.1) is 5.41 Å². The molecule has 0 radical (unpaired) electrons. The monoisotopic (exact) mass is 373 g/mol. The first-order valence-electron chi connectivity index (χ1n) is 8.89. The molecule has 0 aliphatic heterocycles. The van der Waals surface area contributed by atoms with Gasteiger partial charge in [0.15, 0.2) is 5.78 Å². The van der Waals surface area contributed by atoms with Gasteiger partial charge in [-0.1, -0.05) is 13.8 Å². The Bertz CT molecular complexity index is 811. The molecule has 0 saturated carbocycles. The zero-order chi connectivity index (χ0) is 20.4. The van der Waals surface area contributed by atoms with Crippen molar-refractivity contribution in [1.29, 1.82) is 0 Å². The fourth-order valence-corrected chi connectivity index (χ4v) is 3.37. The van der Waals surface area contributed by atoms with Gasteiger partial charge in [-0.05, 0) is 37.0 Å². The number of aliphatic hydroxyl groups is 1. The maximum atomic E-state index is 12.5. The number of carbonyl (C=O) groups excluding carboxylic acids is 3. The summed E-state index contributed by atoms with van der Waals surface area (Å²) in [6, 6.07) is 4.82. The SMILES string of the molecule is CC(=O)N(C1=C(C)C(=O)CC(C)(C)C1)c1ccc(C(N)=O)c(NCCO)c1. The second-order valence-electron chi connectivity index (χ2n) is 7.61. The summed E-state index contributed by atoms with van der Waals surface area (Å²) in [4.78, 5) is 38.1. The number of carbonyl (C=O) groups is 3. The van der Waals surface area contributed by atoms with Crippen molar-refractivity contribution >= 4 is 29.0 Å². The number of nitrogens with one attached hydrogen (secondary N) is 1. The zero-order valence-electron chi connectivity index (χ0n) is 16.3. The second-order valence-corrected chi connectivity index (χ2v) is 7.61. The minimum absolute atomic E-state index is 0.0277. The Morgan fingerprint density at radius 2 is 1.96 bits per heavy atom. The van der Waals surface area contributed by atoms with Crippen LogP contribution in [0.3, 0.4) is 0 Å². The molecule has 7 nitrogen and oxygen atoms in total. The maximum absolute atomic E-state index is 12.5. The van der Waals surface area contributed by atoms with E-state index in [1.165, 1.54) is 11.8 Å². The predicted octanol–water partition coefficient (Wildman–Crippen LogP) is 2.21. The molecule has 4 N–H and O–H groups in total. The number of hydrogen-bond donors (Lipinski definition) is 3. The molecule has 2 rings (SSSR count). The van der Waals surface area contributed by atoms with Gasteiger partial charge in [-0.25, -0.2) is 0 Å². The summed E-state index contributed by atoms with van der Waals surface area (Å²) in [5.41, 5.74) is 7.65. The van der Waals surface area contributed by atoms with Crippen molar-refractivity contribution in [3.05, 3.63) is 35.0 Å². The lowest BCUT2D eigenvalue weighted by Gasteiger charge is -2.36.